The van der Waals surface area contributed by atoms with Gasteiger partial charge in [-0.05, 0) is 18.4 Å². The molecule has 1 aliphatic rings. The van der Waals surface area contributed by atoms with Crippen molar-refractivity contribution in [2.24, 2.45) is 11.5 Å². The lowest BCUT2D eigenvalue weighted by Gasteiger charge is -2.31. The van der Waals surface area contributed by atoms with Crippen molar-refractivity contribution in [1.29, 1.82) is 0 Å². The Labute approximate surface area is 131 Å². The van der Waals surface area contributed by atoms with Crippen LogP contribution < -0.4 is 11.5 Å². The van der Waals surface area contributed by atoms with E-state index in [0.717, 1.165) is 18.4 Å². The summed E-state index contributed by atoms with van der Waals surface area (Å²) < 4.78 is 0. The summed E-state index contributed by atoms with van der Waals surface area (Å²) in [5.74, 6) is -0.335. The van der Waals surface area contributed by atoms with Gasteiger partial charge in [-0.1, -0.05) is 55.4 Å². The molecule has 0 aliphatic heterocycles. The Morgan fingerprint density at radius 1 is 1.24 bits per heavy atom. The zero-order chi connectivity index (χ0) is 15.2. The van der Waals surface area contributed by atoms with Crippen LogP contribution in [0.3, 0.4) is 0 Å². The molecule has 4 N–H and O–H groups in total. The minimum absolute atomic E-state index is 0.0406. The van der Waals surface area contributed by atoms with Gasteiger partial charge >= 0.3 is 0 Å². The van der Waals surface area contributed by atoms with Crippen molar-refractivity contribution < 1.29 is 4.79 Å². The van der Waals surface area contributed by atoms with E-state index in [1.54, 1.807) is 0 Å². The molecule has 0 aromatic heterocycles. The van der Waals surface area contributed by atoms with Gasteiger partial charge in [0.25, 0.3) is 0 Å². The summed E-state index contributed by atoms with van der Waals surface area (Å²) >= 11 is 5.24. The Balaban J connectivity index is 2.15. The lowest BCUT2D eigenvalue weighted by Crippen LogP contribution is -2.44. The standard InChI is InChI=1S/C16H23N3OS/c17-15(20)11-19(13-8-4-5-9-13)10-14(16(18)21)12-6-2-1-3-7-12/h1-3,6-7,13-14H,4-5,8-11H2,(H2,17,20)(H2,18,21). The fraction of sp³-hybridized carbons (Fsp3) is 0.500. The summed E-state index contributed by atoms with van der Waals surface area (Å²) in [4.78, 5) is 14.0. The number of nitrogens with zero attached hydrogens (tertiary/aromatic N) is 1. The molecule has 4 nitrogen and oxygen atoms in total. The number of benzene rings is 1. The van der Waals surface area contributed by atoms with Crippen LogP contribution in [0.25, 0.3) is 0 Å². The molecule has 1 aromatic rings. The third-order valence-electron chi connectivity index (χ3n) is 4.16. The monoisotopic (exact) mass is 305 g/mol. The van der Waals surface area contributed by atoms with Crippen molar-refractivity contribution in [3.63, 3.8) is 0 Å². The molecule has 0 heterocycles. The lowest BCUT2D eigenvalue weighted by molar-refractivity contribution is -0.119. The average Bonchev–Trinajstić information content (AvgIpc) is 2.97. The normalized spacial score (nSPS) is 17.0. The molecule has 114 valence electrons. The largest absolute Gasteiger partial charge is 0.393 e. The molecule has 2 rings (SSSR count). The number of primary amides is 1. The number of amides is 1. The van der Waals surface area contributed by atoms with Crippen LogP contribution in [0.1, 0.15) is 37.2 Å². The van der Waals surface area contributed by atoms with E-state index in [1.807, 2.05) is 30.3 Å². The Hall–Kier alpha value is -1.46. The first-order valence-corrected chi connectivity index (χ1v) is 7.85. The topological polar surface area (TPSA) is 72.4 Å². The van der Waals surface area contributed by atoms with Gasteiger partial charge in [0.05, 0.1) is 11.5 Å². The van der Waals surface area contributed by atoms with Crippen LogP contribution >= 0.6 is 12.2 Å². The molecule has 1 aliphatic carbocycles. The van der Waals surface area contributed by atoms with Crippen molar-refractivity contribution in [3.8, 4) is 0 Å². The van der Waals surface area contributed by atoms with Crippen molar-refractivity contribution >= 4 is 23.1 Å². The molecule has 0 bridgehead atoms. The fourth-order valence-corrected chi connectivity index (χ4v) is 3.30. The Morgan fingerprint density at radius 2 is 1.86 bits per heavy atom. The molecule has 1 unspecified atom stereocenters. The highest BCUT2D eigenvalue weighted by atomic mass is 32.1. The van der Waals surface area contributed by atoms with E-state index in [9.17, 15) is 4.79 Å². The highest BCUT2D eigenvalue weighted by Gasteiger charge is 2.27. The van der Waals surface area contributed by atoms with Crippen LogP contribution in [0, 0.1) is 0 Å². The summed E-state index contributed by atoms with van der Waals surface area (Å²) in [5.41, 5.74) is 12.4. The van der Waals surface area contributed by atoms with Crippen LogP contribution in [0.5, 0.6) is 0 Å². The van der Waals surface area contributed by atoms with Crippen molar-refractivity contribution in [3.05, 3.63) is 35.9 Å². The highest BCUT2D eigenvalue weighted by molar-refractivity contribution is 7.80. The molecule has 1 fully saturated rings. The minimum Gasteiger partial charge on any atom is -0.393 e. The highest BCUT2D eigenvalue weighted by Crippen LogP contribution is 2.26. The van der Waals surface area contributed by atoms with Crippen LogP contribution in [0.15, 0.2) is 30.3 Å². The number of hydrogen-bond acceptors (Lipinski definition) is 3. The lowest BCUT2D eigenvalue weighted by atomic mass is 9.97. The number of hydrogen-bond donors (Lipinski definition) is 2. The Kier molecular flexibility index (Phi) is 5.70. The van der Waals surface area contributed by atoms with E-state index in [-0.39, 0.29) is 18.4 Å². The van der Waals surface area contributed by atoms with Crippen molar-refractivity contribution in [2.75, 3.05) is 13.1 Å². The number of nitrogens with two attached hydrogens (primary N) is 2. The maximum Gasteiger partial charge on any atom is 0.231 e. The molecule has 1 amide bonds. The van der Waals surface area contributed by atoms with E-state index < -0.39 is 0 Å². The molecule has 1 saturated carbocycles. The molecule has 0 spiro atoms. The third-order valence-corrected chi connectivity index (χ3v) is 4.45. The second-order valence-electron chi connectivity index (χ2n) is 5.70. The number of carbonyl (C=O) groups is 1. The SMILES string of the molecule is NC(=O)CN(CC(C(N)=S)c1ccccc1)C1CCCC1. The minimum atomic E-state index is -0.295. The van der Waals surface area contributed by atoms with Gasteiger partial charge in [0.1, 0.15) is 0 Å². The summed E-state index contributed by atoms with van der Waals surface area (Å²) in [7, 11) is 0. The van der Waals surface area contributed by atoms with Crippen LogP contribution in [0.2, 0.25) is 0 Å². The Bertz CT molecular complexity index is 486. The van der Waals surface area contributed by atoms with Crippen LogP contribution in [-0.4, -0.2) is 34.9 Å². The first-order valence-electron chi connectivity index (χ1n) is 7.44. The third kappa shape index (κ3) is 4.51. The average molecular weight is 305 g/mol. The predicted molar refractivity (Wildman–Crippen MR) is 89.0 cm³/mol. The number of thiocarbonyl (C=S) groups is 1. The van der Waals surface area contributed by atoms with Gasteiger partial charge in [0.15, 0.2) is 0 Å². The molecule has 0 radical (unpaired) electrons. The van der Waals surface area contributed by atoms with Gasteiger partial charge in [-0.2, -0.15) is 0 Å². The number of carbonyl (C=O) groups excluding carboxylic acids is 1. The first kappa shape index (κ1) is 15.9. The second-order valence-corrected chi connectivity index (χ2v) is 6.17. The van der Waals surface area contributed by atoms with E-state index >= 15 is 0 Å². The molecule has 0 saturated heterocycles. The summed E-state index contributed by atoms with van der Waals surface area (Å²) in [6.07, 6.45) is 4.66. The zero-order valence-electron chi connectivity index (χ0n) is 12.2. The molecular formula is C16H23N3OS. The van der Waals surface area contributed by atoms with E-state index in [0.29, 0.717) is 17.6 Å². The maximum atomic E-state index is 11.4. The van der Waals surface area contributed by atoms with Crippen LogP contribution in [-0.2, 0) is 4.79 Å². The summed E-state index contributed by atoms with van der Waals surface area (Å²) in [6, 6.07) is 10.4. The second kappa shape index (κ2) is 7.52. The Morgan fingerprint density at radius 3 is 2.38 bits per heavy atom. The van der Waals surface area contributed by atoms with Gasteiger partial charge in [-0.15, -0.1) is 0 Å². The maximum absolute atomic E-state index is 11.4. The molecule has 5 heteroatoms. The van der Waals surface area contributed by atoms with E-state index in [4.69, 9.17) is 23.7 Å². The molecule has 1 aromatic carbocycles. The molecule has 21 heavy (non-hydrogen) atoms. The van der Waals surface area contributed by atoms with E-state index in [2.05, 4.69) is 4.90 Å². The summed E-state index contributed by atoms with van der Waals surface area (Å²) in [6.45, 7) is 0.934. The first-order chi connectivity index (χ1) is 10.1. The smallest absolute Gasteiger partial charge is 0.231 e. The van der Waals surface area contributed by atoms with Crippen LogP contribution in [0.4, 0.5) is 0 Å². The molecular weight excluding hydrogens is 282 g/mol. The fourth-order valence-electron chi connectivity index (χ4n) is 3.09. The quantitative estimate of drug-likeness (QED) is 0.753. The van der Waals surface area contributed by atoms with Gasteiger partial charge in [0, 0.05) is 18.5 Å². The summed E-state index contributed by atoms with van der Waals surface area (Å²) in [5, 5.41) is 0. The number of rotatable bonds is 7. The van der Waals surface area contributed by atoms with Crippen molar-refractivity contribution in [2.45, 2.75) is 37.6 Å². The zero-order valence-corrected chi connectivity index (χ0v) is 13.0. The van der Waals surface area contributed by atoms with E-state index in [1.165, 1.54) is 12.8 Å². The predicted octanol–water partition coefficient (Wildman–Crippen LogP) is 1.79. The molecule has 1 atom stereocenters. The van der Waals surface area contributed by atoms with Gasteiger partial charge in [-0.3, -0.25) is 9.69 Å². The van der Waals surface area contributed by atoms with Gasteiger partial charge in [-0.25, -0.2) is 0 Å². The van der Waals surface area contributed by atoms with Gasteiger partial charge < -0.3 is 11.5 Å². The van der Waals surface area contributed by atoms with Gasteiger partial charge in [0.2, 0.25) is 5.91 Å². The van der Waals surface area contributed by atoms with Crippen molar-refractivity contribution in [1.82, 2.24) is 4.90 Å².